The summed E-state index contributed by atoms with van der Waals surface area (Å²) in [5.74, 6) is 0.732. The third kappa shape index (κ3) is 4.99. The molecule has 2 aliphatic rings. The Morgan fingerprint density at radius 3 is 2.52 bits per heavy atom. The summed E-state index contributed by atoms with van der Waals surface area (Å²) in [4.78, 5) is 29.2. The third-order valence-electron chi connectivity index (χ3n) is 5.71. The van der Waals surface area contributed by atoms with E-state index in [4.69, 9.17) is 9.47 Å². The summed E-state index contributed by atoms with van der Waals surface area (Å²) in [6.45, 7) is 4.62. The van der Waals surface area contributed by atoms with Gasteiger partial charge in [-0.05, 0) is 50.9 Å². The number of anilines is 2. The maximum absolute atomic E-state index is 12.7. The van der Waals surface area contributed by atoms with Crippen LogP contribution in [0.1, 0.15) is 42.1 Å². The number of nitrogens with zero attached hydrogens (tertiary/aromatic N) is 2. The highest BCUT2D eigenvalue weighted by Crippen LogP contribution is 2.37. The lowest BCUT2D eigenvalue weighted by Crippen LogP contribution is -2.33. The minimum absolute atomic E-state index is 0.114. The van der Waals surface area contributed by atoms with Crippen LogP contribution in [0, 0.1) is 0 Å². The molecule has 0 bridgehead atoms. The predicted octanol–water partition coefficient (Wildman–Crippen LogP) is 3.68. The largest absolute Gasteiger partial charge is 0.454 e. The number of nitrogens with one attached hydrogen (secondary N) is 1. The van der Waals surface area contributed by atoms with Gasteiger partial charge in [-0.1, -0.05) is 18.2 Å². The van der Waals surface area contributed by atoms with Crippen LogP contribution < -0.4 is 19.7 Å². The summed E-state index contributed by atoms with van der Waals surface area (Å²) < 4.78 is 10.7. The van der Waals surface area contributed by atoms with Crippen LogP contribution in [0.15, 0.2) is 36.4 Å². The van der Waals surface area contributed by atoms with Gasteiger partial charge in [0.15, 0.2) is 17.3 Å². The molecule has 2 heterocycles. The minimum Gasteiger partial charge on any atom is -0.454 e. The van der Waals surface area contributed by atoms with Gasteiger partial charge in [-0.3, -0.25) is 14.5 Å². The number of ether oxygens (including phenoxy) is 2. The molecule has 4 rings (SSSR count). The van der Waals surface area contributed by atoms with Crippen LogP contribution in [0.5, 0.6) is 11.5 Å². The van der Waals surface area contributed by atoms with Gasteiger partial charge in [0, 0.05) is 37.0 Å². The monoisotopic (exact) mass is 423 g/mol. The molecule has 0 aromatic heterocycles. The Balaban J connectivity index is 1.42. The first-order chi connectivity index (χ1) is 15.0. The number of ketones is 1. The molecule has 1 N–H and O–H groups in total. The van der Waals surface area contributed by atoms with Gasteiger partial charge in [0.25, 0.3) is 0 Å². The van der Waals surface area contributed by atoms with Gasteiger partial charge in [0.1, 0.15) is 0 Å². The van der Waals surface area contributed by atoms with Gasteiger partial charge in [0.2, 0.25) is 12.7 Å². The van der Waals surface area contributed by atoms with E-state index in [1.165, 1.54) is 37.4 Å². The summed E-state index contributed by atoms with van der Waals surface area (Å²) in [7, 11) is 1.93. The summed E-state index contributed by atoms with van der Waals surface area (Å²) in [5.41, 5.74) is 3.33. The highest BCUT2D eigenvalue weighted by molar-refractivity contribution is 6.05. The molecule has 2 aromatic carbocycles. The summed E-state index contributed by atoms with van der Waals surface area (Å²) in [6.07, 6.45) is 3.74. The molecule has 1 saturated heterocycles. The molecular weight excluding hydrogens is 394 g/mol. The molecule has 0 atom stereocenters. The first kappa shape index (κ1) is 21.2. The number of hydrogen-bond acceptors (Lipinski definition) is 6. The van der Waals surface area contributed by atoms with Crippen LogP contribution in [-0.2, 0) is 11.3 Å². The average molecular weight is 424 g/mol. The Kier molecular flexibility index (Phi) is 6.42. The van der Waals surface area contributed by atoms with Crippen molar-refractivity contribution in [3.63, 3.8) is 0 Å². The van der Waals surface area contributed by atoms with Gasteiger partial charge in [-0.15, -0.1) is 0 Å². The second-order valence-corrected chi connectivity index (χ2v) is 8.20. The highest BCUT2D eigenvalue weighted by Gasteiger charge is 2.21. The average Bonchev–Trinajstić information content (AvgIpc) is 3.21. The molecule has 0 unspecified atom stereocenters. The Bertz CT molecular complexity index is 969. The quantitative estimate of drug-likeness (QED) is 0.685. The first-order valence-electron chi connectivity index (χ1n) is 10.8. The fourth-order valence-corrected chi connectivity index (χ4v) is 4.21. The molecule has 0 saturated carbocycles. The highest BCUT2D eigenvalue weighted by atomic mass is 16.7. The van der Waals surface area contributed by atoms with Crippen molar-refractivity contribution in [1.82, 2.24) is 4.90 Å². The molecule has 1 amide bonds. The third-order valence-corrected chi connectivity index (χ3v) is 5.71. The van der Waals surface area contributed by atoms with E-state index < -0.39 is 0 Å². The van der Waals surface area contributed by atoms with Gasteiger partial charge in [0.05, 0.1) is 12.2 Å². The van der Waals surface area contributed by atoms with Crippen molar-refractivity contribution in [3.05, 3.63) is 47.5 Å². The zero-order chi connectivity index (χ0) is 21.8. The number of rotatable bonds is 7. The zero-order valence-electron chi connectivity index (χ0n) is 18.1. The number of amides is 1. The van der Waals surface area contributed by atoms with Gasteiger partial charge in [-0.2, -0.15) is 0 Å². The van der Waals surface area contributed by atoms with Crippen LogP contribution in [0.2, 0.25) is 0 Å². The van der Waals surface area contributed by atoms with E-state index in [9.17, 15) is 9.59 Å². The molecule has 2 aliphatic heterocycles. The number of para-hydroxylation sites is 1. The SMILES string of the molecule is CC(=O)c1cc2c(cc1NC(=O)CN(C)Cc1ccccc1N1CCCCC1)OCO2. The number of piperidine rings is 1. The smallest absolute Gasteiger partial charge is 0.238 e. The molecule has 7 nitrogen and oxygen atoms in total. The van der Waals surface area contributed by atoms with E-state index in [-0.39, 0.29) is 25.0 Å². The van der Waals surface area contributed by atoms with E-state index in [0.717, 1.165) is 13.1 Å². The molecule has 0 spiro atoms. The molecule has 1 fully saturated rings. The maximum Gasteiger partial charge on any atom is 0.238 e. The zero-order valence-corrected chi connectivity index (χ0v) is 18.1. The van der Waals surface area contributed by atoms with Crippen molar-refractivity contribution in [2.75, 3.05) is 43.7 Å². The van der Waals surface area contributed by atoms with E-state index >= 15 is 0 Å². The fraction of sp³-hybridized carbons (Fsp3) is 0.417. The second-order valence-electron chi connectivity index (χ2n) is 8.20. The van der Waals surface area contributed by atoms with E-state index in [1.54, 1.807) is 12.1 Å². The molecule has 2 aromatic rings. The second kappa shape index (κ2) is 9.39. The van der Waals surface area contributed by atoms with Crippen molar-refractivity contribution in [2.45, 2.75) is 32.7 Å². The van der Waals surface area contributed by atoms with Crippen LogP contribution in [-0.4, -0.2) is 50.1 Å². The maximum atomic E-state index is 12.7. The molecule has 0 aliphatic carbocycles. The Hall–Kier alpha value is -3.06. The van der Waals surface area contributed by atoms with Crippen LogP contribution in [0.4, 0.5) is 11.4 Å². The number of fused-ring (bicyclic) bond motifs is 1. The van der Waals surface area contributed by atoms with Crippen LogP contribution >= 0.6 is 0 Å². The van der Waals surface area contributed by atoms with Crippen molar-refractivity contribution < 1.29 is 19.1 Å². The first-order valence-corrected chi connectivity index (χ1v) is 10.8. The van der Waals surface area contributed by atoms with Crippen molar-refractivity contribution in [3.8, 4) is 11.5 Å². The lowest BCUT2D eigenvalue weighted by atomic mass is 10.1. The van der Waals surface area contributed by atoms with E-state index in [0.29, 0.717) is 29.3 Å². The number of Topliss-reactive ketones (excluding diaryl/α,β-unsaturated/α-hetero) is 1. The summed E-state index contributed by atoms with van der Waals surface area (Å²) >= 11 is 0. The van der Waals surface area contributed by atoms with Crippen molar-refractivity contribution in [2.24, 2.45) is 0 Å². The Morgan fingerprint density at radius 2 is 1.77 bits per heavy atom. The summed E-state index contributed by atoms with van der Waals surface area (Å²) in [5, 5.41) is 2.87. The number of benzene rings is 2. The lowest BCUT2D eigenvalue weighted by Gasteiger charge is -2.31. The lowest BCUT2D eigenvalue weighted by molar-refractivity contribution is -0.117. The fourth-order valence-electron chi connectivity index (χ4n) is 4.21. The van der Waals surface area contributed by atoms with E-state index in [1.807, 2.05) is 18.0 Å². The van der Waals surface area contributed by atoms with Crippen LogP contribution in [0.3, 0.4) is 0 Å². The molecule has 7 heteroatoms. The molecule has 0 radical (unpaired) electrons. The predicted molar refractivity (Wildman–Crippen MR) is 120 cm³/mol. The number of likely N-dealkylation sites (N-methyl/N-ethyl adjacent to an activating group) is 1. The van der Waals surface area contributed by atoms with E-state index in [2.05, 4.69) is 28.4 Å². The Labute approximate surface area is 182 Å². The van der Waals surface area contributed by atoms with Crippen molar-refractivity contribution >= 4 is 23.1 Å². The topological polar surface area (TPSA) is 71.1 Å². The van der Waals surface area contributed by atoms with Crippen LogP contribution in [0.25, 0.3) is 0 Å². The van der Waals surface area contributed by atoms with Gasteiger partial charge < -0.3 is 19.7 Å². The summed E-state index contributed by atoms with van der Waals surface area (Å²) in [6, 6.07) is 11.7. The normalized spacial score (nSPS) is 15.3. The van der Waals surface area contributed by atoms with Crippen molar-refractivity contribution in [1.29, 1.82) is 0 Å². The van der Waals surface area contributed by atoms with Gasteiger partial charge >= 0.3 is 0 Å². The number of hydrogen-bond donors (Lipinski definition) is 1. The standard InChI is InChI=1S/C24H29N3O4/c1-17(28)19-12-22-23(31-16-30-22)13-20(19)25-24(29)15-26(2)14-18-8-4-5-9-21(18)27-10-6-3-7-11-27/h4-5,8-9,12-13H,3,6-7,10-11,14-16H2,1-2H3,(H,25,29). The minimum atomic E-state index is -0.181. The number of carbonyl (C=O) groups excluding carboxylic acids is 2. The number of carbonyl (C=O) groups is 2. The molecule has 164 valence electrons. The van der Waals surface area contributed by atoms with Gasteiger partial charge in [-0.25, -0.2) is 0 Å². The Morgan fingerprint density at radius 1 is 1.06 bits per heavy atom. The molecule has 31 heavy (non-hydrogen) atoms. The molecular formula is C24H29N3O4.